The van der Waals surface area contributed by atoms with E-state index in [1.807, 2.05) is 29.5 Å². The van der Waals surface area contributed by atoms with Gasteiger partial charge in [0.15, 0.2) is 0 Å². The maximum Gasteiger partial charge on any atom is 0.118 e. The molecule has 3 heterocycles. The molecule has 6 nitrogen and oxygen atoms in total. The Hall–Kier alpha value is -1.28. The fraction of sp³-hybridized carbons (Fsp3) is 0.647. The van der Waals surface area contributed by atoms with Crippen LogP contribution >= 0.6 is 11.3 Å². The van der Waals surface area contributed by atoms with Gasteiger partial charge in [-0.1, -0.05) is 0 Å². The van der Waals surface area contributed by atoms with Crippen LogP contribution < -0.4 is 0 Å². The van der Waals surface area contributed by atoms with Gasteiger partial charge in [0.2, 0.25) is 0 Å². The number of aryl methyl sites for hydroxylation is 1. The topological polar surface area (TPSA) is 52.4 Å². The summed E-state index contributed by atoms with van der Waals surface area (Å²) in [6.45, 7) is 4.16. The van der Waals surface area contributed by atoms with E-state index in [1.165, 1.54) is 18.4 Å². The van der Waals surface area contributed by atoms with Gasteiger partial charge in [-0.05, 0) is 12.8 Å². The molecule has 130 valence electrons. The smallest absolute Gasteiger partial charge is 0.118 e. The minimum absolute atomic E-state index is 0.298. The van der Waals surface area contributed by atoms with E-state index >= 15 is 0 Å². The van der Waals surface area contributed by atoms with Gasteiger partial charge in [0, 0.05) is 55.4 Å². The predicted octanol–water partition coefficient (Wildman–Crippen LogP) is 2.07. The van der Waals surface area contributed by atoms with Gasteiger partial charge in [-0.25, -0.2) is 4.98 Å². The van der Waals surface area contributed by atoms with Crippen LogP contribution in [0.15, 0.2) is 24.0 Å². The first-order valence-electron chi connectivity index (χ1n) is 8.59. The van der Waals surface area contributed by atoms with Crippen molar-refractivity contribution in [2.75, 3.05) is 19.8 Å². The van der Waals surface area contributed by atoms with Gasteiger partial charge in [-0.3, -0.25) is 9.58 Å². The summed E-state index contributed by atoms with van der Waals surface area (Å²) in [5.41, 5.74) is 1.28. The Balaban J connectivity index is 1.32. The first kappa shape index (κ1) is 16.2. The van der Waals surface area contributed by atoms with Crippen LogP contribution in [-0.2, 0) is 29.7 Å². The van der Waals surface area contributed by atoms with E-state index in [4.69, 9.17) is 9.47 Å². The standard InChI is InChI=1S/C17H24N4O2S/c1-20-9-13(8-19-20)10-21-5-6-23-17-14(2-3-15(17)21)11-22-12-16-18-4-7-24-16/h4,7-9,14-15,17H,2-3,5-6,10-12H2,1H3/t14-,15-,17-/m1/s1. The van der Waals surface area contributed by atoms with Crippen LogP contribution in [0.5, 0.6) is 0 Å². The summed E-state index contributed by atoms with van der Waals surface area (Å²) in [5.74, 6) is 0.492. The van der Waals surface area contributed by atoms with Gasteiger partial charge in [0.25, 0.3) is 0 Å². The van der Waals surface area contributed by atoms with Crippen molar-refractivity contribution in [3.8, 4) is 0 Å². The molecule has 0 spiro atoms. The molecular formula is C17H24N4O2S. The predicted molar refractivity (Wildman–Crippen MR) is 91.6 cm³/mol. The average Bonchev–Trinajstić information content (AvgIpc) is 3.30. The zero-order valence-corrected chi connectivity index (χ0v) is 14.8. The number of ether oxygens (including phenoxy) is 2. The molecule has 1 saturated heterocycles. The fourth-order valence-electron chi connectivity index (χ4n) is 3.92. The number of fused-ring (bicyclic) bond motifs is 1. The second kappa shape index (κ2) is 7.31. The molecule has 0 N–H and O–H groups in total. The molecule has 4 rings (SSSR count). The van der Waals surface area contributed by atoms with Crippen molar-refractivity contribution in [1.29, 1.82) is 0 Å². The molecule has 1 saturated carbocycles. The monoisotopic (exact) mass is 348 g/mol. The van der Waals surface area contributed by atoms with Crippen molar-refractivity contribution in [3.63, 3.8) is 0 Å². The third kappa shape index (κ3) is 3.54. The van der Waals surface area contributed by atoms with Gasteiger partial charge < -0.3 is 9.47 Å². The maximum atomic E-state index is 6.12. The van der Waals surface area contributed by atoms with Gasteiger partial charge in [0.05, 0.1) is 32.1 Å². The Morgan fingerprint density at radius 3 is 3.17 bits per heavy atom. The van der Waals surface area contributed by atoms with Gasteiger partial charge >= 0.3 is 0 Å². The van der Waals surface area contributed by atoms with Crippen LogP contribution in [0.3, 0.4) is 0 Å². The Kier molecular flexibility index (Phi) is 4.93. The van der Waals surface area contributed by atoms with E-state index in [1.54, 1.807) is 11.3 Å². The van der Waals surface area contributed by atoms with Crippen molar-refractivity contribution in [3.05, 3.63) is 34.5 Å². The molecule has 7 heteroatoms. The lowest BCUT2D eigenvalue weighted by molar-refractivity contribution is -0.0891. The molecule has 0 unspecified atom stereocenters. The number of aromatic nitrogens is 3. The van der Waals surface area contributed by atoms with E-state index in [-0.39, 0.29) is 0 Å². The number of morpholine rings is 1. The number of rotatable bonds is 6. The molecule has 2 fully saturated rings. The highest BCUT2D eigenvalue weighted by molar-refractivity contribution is 7.09. The zero-order valence-electron chi connectivity index (χ0n) is 14.0. The highest BCUT2D eigenvalue weighted by Gasteiger charge is 2.42. The number of nitrogens with zero attached hydrogens (tertiary/aromatic N) is 4. The third-order valence-electron chi connectivity index (χ3n) is 5.02. The van der Waals surface area contributed by atoms with Gasteiger partial charge in [-0.2, -0.15) is 5.10 Å². The molecule has 2 aromatic rings. The summed E-state index contributed by atoms with van der Waals surface area (Å²) >= 11 is 1.65. The molecular weight excluding hydrogens is 324 g/mol. The lowest BCUT2D eigenvalue weighted by atomic mass is 10.0. The van der Waals surface area contributed by atoms with Crippen molar-refractivity contribution >= 4 is 11.3 Å². The molecule has 0 bridgehead atoms. The van der Waals surface area contributed by atoms with E-state index in [2.05, 4.69) is 21.2 Å². The molecule has 24 heavy (non-hydrogen) atoms. The first-order chi connectivity index (χ1) is 11.8. The van der Waals surface area contributed by atoms with Crippen LogP contribution in [0.4, 0.5) is 0 Å². The highest BCUT2D eigenvalue weighted by atomic mass is 32.1. The summed E-state index contributed by atoms with van der Waals surface area (Å²) in [4.78, 5) is 6.83. The molecule has 0 radical (unpaired) electrons. The van der Waals surface area contributed by atoms with Crippen LogP contribution in [-0.4, -0.2) is 51.6 Å². The normalized spacial score (nSPS) is 27.5. The van der Waals surface area contributed by atoms with E-state index in [9.17, 15) is 0 Å². The third-order valence-corrected chi connectivity index (χ3v) is 5.77. The molecule has 0 amide bonds. The minimum Gasteiger partial charge on any atom is -0.375 e. The van der Waals surface area contributed by atoms with Crippen molar-refractivity contribution in [2.45, 2.75) is 38.1 Å². The Labute approximate surface area is 146 Å². The largest absolute Gasteiger partial charge is 0.375 e. The second-order valence-electron chi connectivity index (χ2n) is 6.67. The van der Waals surface area contributed by atoms with Gasteiger partial charge in [-0.15, -0.1) is 11.3 Å². The Morgan fingerprint density at radius 2 is 2.38 bits per heavy atom. The van der Waals surface area contributed by atoms with E-state index < -0.39 is 0 Å². The Bertz CT molecular complexity index is 645. The number of thiazole rings is 1. The lowest BCUT2D eigenvalue weighted by Crippen LogP contribution is -2.50. The summed E-state index contributed by atoms with van der Waals surface area (Å²) in [6, 6.07) is 0.507. The molecule has 1 aliphatic carbocycles. The molecule has 3 atom stereocenters. The molecule has 2 aromatic heterocycles. The lowest BCUT2D eigenvalue weighted by Gasteiger charge is -2.39. The maximum absolute atomic E-state index is 6.12. The zero-order chi connectivity index (χ0) is 16.4. The quantitative estimate of drug-likeness (QED) is 0.800. The Morgan fingerprint density at radius 1 is 1.42 bits per heavy atom. The van der Waals surface area contributed by atoms with E-state index in [0.29, 0.717) is 24.7 Å². The minimum atomic E-state index is 0.298. The second-order valence-corrected chi connectivity index (χ2v) is 7.65. The van der Waals surface area contributed by atoms with Crippen LogP contribution in [0.2, 0.25) is 0 Å². The molecule has 0 aromatic carbocycles. The fourth-order valence-corrected chi connectivity index (χ4v) is 4.47. The van der Waals surface area contributed by atoms with Crippen LogP contribution in [0, 0.1) is 5.92 Å². The molecule has 1 aliphatic heterocycles. The SMILES string of the molecule is Cn1cc(CN2CCO[C@@H]3[C@@H](COCc4nccs4)CC[C@H]32)cn1. The van der Waals surface area contributed by atoms with E-state index in [0.717, 1.165) is 31.3 Å². The first-order valence-corrected chi connectivity index (χ1v) is 9.47. The van der Waals surface area contributed by atoms with Crippen molar-refractivity contribution in [2.24, 2.45) is 13.0 Å². The van der Waals surface area contributed by atoms with Crippen molar-refractivity contribution in [1.82, 2.24) is 19.7 Å². The summed E-state index contributed by atoms with van der Waals surface area (Å²) < 4.78 is 13.9. The number of hydrogen-bond donors (Lipinski definition) is 0. The molecule has 2 aliphatic rings. The summed E-state index contributed by atoms with van der Waals surface area (Å²) in [7, 11) is 1.97. The highest BCUT2D eigenvalue weighted by Crippen LogP contribution is 2.35. The van der Waals surface area contributed by atoms with Crippen molar-refractivity contribution < 1.29 is 9.47 Å². The summed E-state index contributed by atoms with van der Waals surface area (Å²) in [5, 5.41) is 7.32. The summed E-state index contributed by atoms with van der Waals surface area (Å²) in [6.07, 6.45) is 8.57. The number of hydrogen-bond acceptors (Lipinski definition) is 6. The average molecular weight is 348 g/mol. The van der Waals surface area contributed by atoms with Crippen LogP contribution in [0.25, 0.3) is 0 Å². The van der Waals surface area contributed by atoms with Gasteiger partial charge in [0.1, 0.15) is 5.01 Å². The van der Waals surface area contributed by atoms with Crippen LogP contribution in [0.1, 0.15) is 23.4 Å².